The molecule has 3 rings (SSSR count). The SMILES string of the molecule is O=C(NCC1CCCO1)N1CCc2sccc2C1. The lowest BCUT2D eigenvalue weighted by atomic mass is 10.1. The first-order chi connectivity index (χ1) is 8.83. The molecule has 0 saturated carbocycles. The fraction of sp³-hybridized carbons (Fsp3) is 0.615. The second-order valence-corrected chi connectivity index (χ2v) is 5.86. The molecule has 0 bridgehead atoms. The van der Waals surface area contributed by atoms with E-state index in [2.05, 4.69) is 16.8 Å². The molecule has 98 valence electrons. The van der Waals surface area contributed by atoms with E-state index in [1.807, 2.05) is 4.90 Å². The third-order valence-corrected chi connectivity index (χ3v) is 4.62. The quantitative estimate of drug-likeness (QED) is 0.889. The van der Waals surface area contributed by atoms with Crippen molar-refractivity contribution in [3.63, 3.8) is 0 Å². The maximum Gasteiger partial charge on any atom is 0.317 e. The minimum atomic E-state index is 0.0438. The number of urea groups is 1. The molecule has 1 atom stereocenters. The highest BCUT2D eigenvalue weighted by Gasteiger charge is 2.22. The number of amides is 2. The van der Waals surface area contributed by atoms with Crippen LogP contribution >= 0.6 is 11.3 Å². The Labute approximate surface area is 111 Å². The maximum absolute atomic E-state index is 12.0. The first-order valence-corrected chi connectivity index (χ1v) is 7.40. The summed E-state index contributed by atoms with van der Waals surface area (Å²) in [4.78, 5) is 15.4. The van der Waals surface area contributed by atoms with Gasteiger partial charge >= 0.3 is 6.03 Å². The standard InChI is InChI=1S/C13H18N2O2S/c16-13(14-8-11-2-1-6-17-11)15-5-3-12-10(9-15)4-7-18-12/h4,7,11H,1-3,5-6,8-9H2,(H,14,16). The molecule has 1 N–H and O–H groups in total. The topological polar surface area (TPSA) is 41.6 Å². The highest BCUT2D eigenvalue weighted by atomic mass is 32.1. The highest BCUT2D eigenvalue weighted by Crippen LogP contribution is 2.23. The summed E-state index contributed by atoms with van der Waals surface area (Å²) in [7, 11) is 0. The fourth-order valence-electron chi connectivity index (χ4n) is 2.54. The van der Waals surface area contributed by atoms with Crippen LogP contribution in [0.4, 0.5) is 4.79 Å². The van der Waals surface area contributed by atoms with Crippen LogP contribution in [0.15, 0.2) is 11.4 Å². The molecule has 0 aromatic carbocycles. The van der Waals surface area contributed by atoms with Crippen molar-refractivity contribution in [1.82, 2.24) is 10.2 Å². The van der Waals surface area contributed by atoms with Crippen molar-refractivity contribution in [2.45, 2.75) is 31.9 Å². The zero-order valence-electron chi connectivity index (χ0n) is 10.4. The summed E-state index contributed by atoms with van der Waals surface area (Å²) in [5.41, 5.74) is 1.30. The van der Waals surface area contributed by atoms with Gasteiger partial charge in [-0.05, 0) is 36.3 Å². The van der Waals surface area contributed by atoms with Gasteiger partial charge in [0.15, 0.2) is 0 Å². The van der Waals surface area contributed by atoms with Crippen LogP contribution in [-0.4, -0.2) is 36.7 Å². The van der Waals surface area contributed by atoms with Crippen molar-refractivity contribution in [3.8, 4) is 0 Å². The number of hydrogen-bond acceptors (Lipinski definition) is 3. The molecule has 1 unspecified atom stereocenters. The van der Waals surface area contributed by atoms with Gasteiger partial charge in [-0.15, -0.1) is 11.3 Å². The van der Waals surface area contributed by atoms with Crippen LogP contribution in [0.2, 0.25) is 0 Å². The summed E-state index contributed by atoms with van der Waals surface area (Å²) in [6.07, 6.45) is 3.38. The number of ether oxygens (including phenoxy) is 1. The first-order valence-electron chi connectivity index (χ1n) is 6.52. The van der Waals surface area contributed by atoms with E-state index in [0.29, 0.717) is 6.54 Å². The second-order valence-electron chi connectivity index (χ2n) is 4.86. The largest absolute Gasteiger partial charge is 0.376 e. The van der Waals surface area contributed by atoms with Crippen molar-refractivity contribution < 1.29 is 9.53 Å². The molecule has 2 amide bonds. The lowest BCUT2D eigenvalue weighted by molar-refractivity contribution is 0.108. The predicted octanol–water partition coefficient (Wildman–Crippen LogP) is 1.99. The smallest absolute Gasteiger partial charge is 0.317 e. The molecule has 0 spiro atoms. The average molecular weight is 266 g/mol. The Bertz CT molecular complexity index is 426. The molecule has 2 aliphatic heterocycles. The lowest BCUT2D eigenvalue weighted by Gasteiger charge is -2.27. The van der Waals surface area contributed by atoms with Crippen LogP contribution in [0, 0.1) is 0 Å². The van der Waals surface area contributed by atoms with Crippen LogP contribution in [0.25, 0.3) is 0 Å². The summed E-state index contributed by atoms with van der Waals surface area (Å²) in [5.74, 6) is 0. The minimum Gasteiger partial charge on any atom is -0.376 e. The summed E-state index contributed by atoms with van der Waals surface area (Å²) >= 11 is 1.79. The van der Waals surface area contributed by atoms with Gasteiger partial charge in [0.25, 0.3) is 0 Å². The number of nitrogens with zero attached hydrogens (tertiary/aromatic N) is 1. The number of carbonyl (C=O) groups is 1. The Kier molecular flexibility index (Phi) is 3.52. The Morgan fingerprint density at radius 1 is 1.61 bits per heavy atom. The number of nitrogens with one attached hydrogen (secondary N) is 1. The van der Waals surface area contributed by atoms with Gasteiger partial charge in [-0.3, -0.25) is 0 Å². The minimum absolute atomic E-state index is 0.0438. The van der Waals surface area contributed by atoms with Crippen LogP contribution < -0.4 is 5.32 Å². The molecule has 0 aliphatic carbocycles. The molecule has 18 heavy (non-hydrogen) atoms. The monoisotopic (exact) mass is 266 g/mol. The van der Waals surface area contributed by atoms with Crippen molar-refractivity contribution >= 4 is 17.4 Å². The Morgan fingerprint density at radius 2 is 2.56 bits per heavy atom. The van der Waals surface area contributed by atoms with Gasteiger partial charge in [-0.25, -0.2) is 4.79 Å². The molecular formula is C13H18N2O2S. The van der Waals surface area contributed by atoms with E-state index < -0.39 is 0 Å². The maximum atomic E-state index is 12.0. The molecule has 1 aromatic rings. The van der Waals surface area contributed by atoms with Gasteiger partial charge in [-0.2, -0.15) is 0 Å². The van der Waals surface area contributed by atoms with Gasteiger partial charge in [0.2, 0.25) is 0 Å². The zero-order valence-corrected chi connectivity index (χ0v) is 11.2. The van der Waals surface area contributed by atoms with E-state index in [9.17, 15) is 4.79 Å². The summed E-state index contributed by atoms with van der Waals surface area (Å²) in [6.45, 7) is 3.05. The lowest BCUT2D eigenvalue weighted by Crippen LogP contribution is -2.44. The van der Waals surface area contributed by atoms with E-state index in [4.69, 9.17) is 4.74 Å². The highest BCUT2D eigenvalue weighted by molar-refractivity contribution is 7.10. The van der Waals surface area contributed by atoms with Gasteiger partial charge in [0.1, 0.15) is 0 Å². The molecule has 3 heterocycles. The van der Waals surface area contributed by atoms with Gasteiger partial charge in [-0.1, -0.05) is 0 Å². The fourth-order valence-corrected chi connectivity index (χ4v) is 3.43. The number of rotatable bonds is 2. The predicted molar refractivity (Wildman–Crippen MR) is 70.8 cm³/mol. The molecule has 4 nitrogen and oxygen atoms in total. The third kappa shape index (κ3) is 2.52. The summed E-state index contributed by atoms with van der Waals surface area (Å²) in [5, 5.41) is 5.09. The molecule has 5 heteroatoms. The number of hydrogen-bond donors (Lipinski definition) is 1. The second kappa shape index (κ2) is 5.28. The summed E-state index contributed by atoms with van der Waals surface area (Å²) < 4.78 is 5.50. The Morgan fingerprint density at radius 3 is 3.39 bits per heavy atom. The van der Waals surface area contributed by atoms with Crippen molar-refractivity contribution in [1.29, 1.82) is 0 Å². The number of fused-ring (bicyclic) bond motifs is 1. The first kappa shape index (κ1) is 12.0. The number of thiophene rings is 1. The van der Waals surface area contributed by atoms with Crippen molar-refractivity contribution in [2.24, 2.45) is 0 Å². The van der Waals surface area contributed by atoms with Crippen LogP contribution in [-0.2, 0) is 17.7 Å². The molecule has 1 fully saturated rings. The van der Waals surface area contributed by atoms with E-state index in [0.717, 1.165) is 39.0 Å². The molecule has 0 radical (unpaired) electrons. The van der Waals surface area contributed by atoms with E-state index in [1.54, 1.807) is 11.3 Å². The van der Waals surface area contributed by atoms with Crippen LogP contribution in [0.5, 0.6) is 0 Å². The van der Waals surface area contributed by atoms with E-state index >= 15 is 0 Å². The third-order valence-electron chi connectivity index (χ3n) is 3.60. The van der Waals surface area contributed by atoms with Gasteiger partial charge in [0.05, 0.1) is 6.10 Å². The van der Waals surface area contributed by atoms with Crippen molar-refractivity contribution in [3.05, 3.63) is 21.9 Å². The molecule has 1 saturated heterocycles. The molecule has 2 aliphatic rings. The van der Waals surface area contributed by atoms with Crippen molar-refractivity contribution in [2.75, 3.05) is 19.7 Å². The van der Waals surface area contributed by atoms with Gasteiger partial charge in [0, 0.05) is 31.1 Å². The van der Waals surface area contributed by atoms with E-state index in [-0.39, 0.29) is 12.1 Å². The molecular weight excluding hydrogens is 248 g/mol. The van der Waals surface area contributed by atoms with Crippen LogP contribution in [0.3, 0.4) is 0 Å². The average Bonchev–Trinajstić information content (AvgIpc) is 3.05. The molecule has 1 aromatic heterocycles. The zero-order chi connectivity index (χ0) is 12.4. The number of carbonyl (C=O) groups excluding carboxylic acids is 1. The van der Waals surface area contributed by atoms with Crippen LogP contribution in [0.1, 0.15) is 23.3 Å². The normalized spacial score (nSPS) is 22.9. The van der Waals surface area contributed by atoms with E-state index in [1.165, 1.54) is 10.4 Å². The van der Waals surface area contributed by atoms with Gasteiger partial charge < -0.3 is 15.0 Å². The Balaban J connectivity index is 1.51. The Hall–Kier alpha value is -1.07. The summed E-state index contributed by atoms with van der Waals surface area (Å²) in [6, 6.07) is 2.17.